The number of thioether (sulfide) groups is 2. The first-order valence-corrected chi connectivity index (χ1v) is 9.37. The minimum Gasteiger partial charge on any atom is -0.481 e. The molecule has 2 aliphatic rings. The second-order valence-corrected chi connectivity index (χ2v) is 7.46. The zero-order valence-electron chi connectivity index (χ0n) is 12.3. The van der Waals surface area contributed by atoms with Gasteiger partial charge in [0.2, 0.25) is 11.8 Å². The van der Waals surface area contributed by atoms with Gasteiger partial charge in [-0.05, 0) is 5.41 Å². The number of carboxylic acids is 1. The van der Waals surface area contributed by atoms with E-state index in [1.807, 2.05) is 6.07 Å². The summed E-state index contributed by atoms with van der Waals surface area (Å²) in [4.78, 5) is 37.0. The van der Waals surface area contributed by atoms with Crippen LogP contribution in [-0.2, 0) is 14.4 Å². The molecule has 24 heavy (non-hydrogen) atoms. The summed E-state index contributed by atoms with van der Waals surface area (Å²) < 4.78 is 0. The Labute approximate surface area is 152 Å². The van der Waals surface area contributed by atoms with E-state index in [9.17, 15) is 19.5 Å². The largest absolute Gasteiger partial charge is 0.481 e. The van der Waals surface area contributed by atoms with Gasteiger partial charge in [0.05, 0.1) is 11.8 Å². The van der Waals surface area contributed by atoms with Crippen LogP contribution in [0, 0.1) is 16.7 Å². The molecule has 10 heteroatoms. The number of nitrogens with one attached hydrogen (secondary N) is 1. The molecule has 3 atom stereocenters. The Bertz CT molecular complexity index is 648. The van der Waals surface area contributed by atoms with Crippen LogP contribution >= 0.6 is 35.1 Å². The Balaban J connectivity index is 1.93. The van der Waals surface area contributed by atoms with Gasteiger partial charge in [-0.15, -0.1) is 23.5 Å². The van der Waals surface area contributed by atoms with E-state index in [1.165, 1.54) is 34.2 Å². The molecule has 2 unspecified atom stereocenters. The molecule has 0 aromatic heterocycles. The van der Waals surface area contributed by atoms with Crippen LogP contribution in [0.4, 0.5) is 0 Å². The van der Waals surface area contributed by atoms with E-state index in [4.69, 9.17) is 16.9 Å². The van der Waals surface area contributed by atoms with Crippen molar-refractivity contribution < 1.29 is 19.5 Å². The molecular formula is C14H14ClN3O4S2. The zero-order valence-corrected chi connectivity index (χ0v) is 14.7. The number of nitriles is 1. The van der Waals surface area contributed by atoms with Crippen LogP contribution in [-0.4, -0.2) is 57.3 Å². The smallest absolute Gasteiger partial charge is 0.316 e. The molecule has 2 rings (SSSR count). The minimum absolute atomic E-state index is 0.0358. The fourth-order valence-electron chi connectivity index (χ4n) is 2.43. The maximum Gasteiger partial charge on any atom is 0.316 e. The van der Waals surface area contributed by atoms with E-state index in [0.717, 1.165) is 17.3 Å². The molecule has 0 spiro atoms. The van der Waals surface area contributed by atoms with Gasteiger partial charge >= 0.3 is 5.97 Å². The van der Waals surface area contributed by atoms with Gasteiger partial charge in [-0.2, -0.15) is 5.26 Å². The van der Waals surface area contributed by atoms with Crippen molar-refractivity contribution in [3.8, 4) is 6.07 Å². The predicted molar refractivity (Wildman–Crippen MR) is 92.2 cm³/mol. The molecule has 0 aromatic carbocycles. The first kappa shape index (κ1) is 18.7. The lowest BCUT2D eigenvalue weighted by molar-refractivity contribution is -0.156. The molecule has 0 bridgehead atoms. The molecule has 128 valence electrons. The molecule has 0 aromatic rings. The summed E-state index contributed by atoms with van der Waals surface area (Å²) in [7, 11) is 0. The number of hydrogen-bond donors (Lipinski definition) is 2. The lowest BCUT2D eigenvalue weighted by Crippen LogP contribution is -2.73. The average Bonchev–Trinajstić information content (AvgIpc) is 2.56. The van der Waals surface area contributed by atoms with Gasteiger partial charge in [0.1, 0.15) is 16.8 Å². The molecule has 2 amide bonds. The molecule has 0 radical (unpaired) electrons. The maximum atomic E-state index is 12.2. The van der Waals surface area contributed by atoms with Gasteiger partial charge in [0, 0.05) is 23.9 Å². The Morgan fingerprint density at radius 2 is 2.38 bits per heavy atom. The van der Waals surface area contributed by atoms with Crippen LogP contribution in [0.5, 0.6) is 0 Å². The van der Waals surface area contributed by atoms with Crippen molar-refractivity contribution in [2.75, 3.05) is 18.1 Å². The Hall–Kier alpha value is -1.63. The van der Waals surface area contributed by atoms with Crippen molar-refractivity contribution in [2.45, 2.75) is 11.4 Å². The molecule has 2 heterocycles. The molecule has 2 aliphatic heterocycles. The van der Waals surface area contributed by atoms with Gasteiger partial charge in [0.25, 0.3) is 0 Å². The zero-order chi connectivity index (χ0) is 17.7. The molecular weight excluding hydrogens is 374 g/mol. The first-order chi connectivity index (χ1) is 11.4. The lowest BCUT2D eigenvalue weighted by atomic mass is 9.87. The first-order valence-electron chi connectivity index (χ1n) is 6.84. The van der Waals surface area contributed by atoms with Gasteiger partial charge in [0.15, 0.2) is 0 Å². The highest BCUT2D eigenvalue weighted by atomic mass is 35.5. The van der Waals surface area contributed by atoms with E-state index in [0.29, 0.717) is 0 Å². The van der Waals surface area contributed by atoms with Gasteiger partial charge in [-0.25, -0.2) is 0 Å². The summed E-state index contributed by atoms with van der Waals surface area (Å²) in [6.45, 7) is 0.0358. The molecule has 2 fully saturated rings. The van der Waals surface area contributed by atoms with Crippen LogP contribution in [0.2, 0.25) is 0 Å². The van der Waals surface area contributed by atoms with Crippen LogP contribution in [0.1, 0.15) is 0 Å². The van der Waals surface area contributed by atoms with Gasteiger partial charge < -0.3 is 15.3 Å². The number of β-lactam (4-membered cyclic amide) rings is 1. The topological polar surface area (TPSA) is 111 Å². The van der Waals surface area contributed by atoms with Crippen LogP contribution in [0.15, 0.2) is 23.1 Å². The number of halogens is 1. The normalized spacial score (nSPS) is 29.2. The number of aliphatic carboxylic acids is 1. The lowest BCUT2D eigenvalue weighted by Gasteiger charge is -2.53. The van der Waals surface area contributed by atoms with Crippen molar-refractivity contribution in [2.24, 2.45) is 5.41 Å². The van der Waals surface area contributed by atoms with E-state index in [1.54, 1.807) is 0 Å². The highest BCUT2D eigenvalue weighted by molar-refractivity contribution is 8.02. The van der Waals surface area contributed by atoms with Crippen LogP contribution in [0.25, 0.3) is 0 Å². The van der Waals surface area contributed by atoms with Crippen molar-refractivity contribution in [1.82, 2.24) is 10.2 Å². The fraction of sp³-hybridized carbons (Fsp3) is 0.429. The molecule has 2 N–H and O–H groups in total. The summed E-state index contributed by atoms with van der Waals surface area (Å²) in [6.07, 6.45) is 2.65. The molecule has 2 saturated heterocycles. The summed E-state index contributed by atoms with van der Waals surface area (Å²) in [5, 5.41) is 21.7. The maximum absolute atomic E-state index is 12.2. The Morgan fingerprint density at radius 1 is 1.62 bits per heavy atom. The number of carboxylic acid groups (broad SMARTS) is 1. The van der Waals surface area contributed by atoms with E-state index in [-0.39, 0.29) is 35.2 Å². The number of rotatable bonds is 6. The highest BCUT2D eigenvalue weighted by Gasteiger charge is 2.56. The third-order valence-electron chi connectivity index (χ3n) is 3.68. The predicted octanol–water partition coefficient (Wildman–Crippen LogP) is 0.980. The number of nitrogens with zero attached hydrogens (tertiary/aromatic N) is 2. The second-order valence-electron chi connectivity index (χ2n) is 5.21. The average molecular weight is 388 g/mol. The van der Waals surface area contributed by atoms with Crippen molar-refractivity contribution in [3.05, 3.63) is 23.1 Å². The van der Waals surface area contributed by atoms with Crippen LogP contribution in [0.3, 0.4) is 0 Å². The standard InChI is InChI=1S/C14H14ClN3O4S2/c15-3-2-14(13(21)22)7-18-11(20)10(12(18)24-8-14)17-9(19)6-23-5-1-4-16/h1-3,5,10,12H,6-8H2,(H,17,19)(H,21,22)/t10?,12-,14?/m1/s1. The third-order valence-corrected chi connectivity index (χ3v) is 6.12. The van der Waals surface area contributed by atoms with E-state index < -0.39 is 17.4 Å². The van der Waals surface area contributed by atoms with Crippen molar-refractivity contribution in [3.63, 3.8) is 0 Å². The van der Waals surface area contributed by atoms with Crippen molar-refractivity contribution in [1.29, 1.82) is 5.26 Å². The highest BCUT2D eigenvalue weighted by Crippen LogP contribution is 2.43. The quantitative estimate of drug-likeness (QED) is 0.516. The number of hydrogen-bond acceptors (Lipinski definition) is 6. The number of fused-ring (bicyclic) bond motifs is 1. The van der Waals surface area contributed by atoms with Crippen molar-refractivity contribution >= 4 is 52.9 Å². The fourth-order valence-corrected chi connectivity index (χ4v) is 4.68. The summed E-state index contributed by atoms with van der Waals surface area (Å²) >= 11 is 8.00. The number of carbonyl (C=O) groups is 3. The second kappa shape index (κ2) is 7.96. The summed E-state index contributed by atoms with van der Waals surface area (Å²) in [5.74, 6) is -1.27. The Morgan fingerprint density at radius 3 is 3.00 bits per heavy atom. The van der Waals surface area contributed by atoms with Gasteiger partial charge in [-0.1, -0.05) is 17.7 Å². The van der Waals surface area contributed by atoms with Crippen LogP contribution < -0.4 is 5.32 Å². The minimum atomic E-state index is -1.20. The summed E-state index contributed by atoms with van der Waals surface area (Å²) in [6, 6.07) is 1.17. The number of allylic oxidation sites excluding steroid dienone is 1. The molecule has 0 aliphatic carbocycles. The van der Waals surface area contributed by atoms with E-state index >= 15 is 0 Å². The number of carbonyl (C=O) groups excluding carboxylic acids is 2. The summed E-state index contributed by atoms with van der Waals surface area (Å²) in [5.41, 5.74) is -0.0456. The molecule has 0 saturated carbocycles. The van der Waals surface area contributed by atoms with Gasteiger partial charge in [-0.3, -0.25) is 14.4 Å². The third kappa shape index (κ3) is 3.71. The Kier molecular flexibility index (Phi) is 6.21. The monoisotopic (exact) mass is 387 g/mol. The SMILES string of the molecule is N#CC=CSCC(=O)NC1C(=O)N2CC(C=CCl)(C(=O)O)CS[C@H]12. The molecule has 7 nitrogen and oxygen atoms in total. The van der Waals surface area contributed by atoms with E-state index in [2.05, 4.69) is 5.32 Å². The number of amides is 2.